The number of piperazine rings is 1. The summed E-state index contributed by atoms with van der Waals surface area (Å²) >= 11 is 0. The lowest BCUT2D eigenvalue weighted by molar-refractivity contribution is -0.120. The van der Waals surface area contributed by atoms with E-state index in [1.54, 1.807) is 17.2 Å². The quantitative estimate of drug-likeness (QED) is 0.118. The maximum atomic E-state index is 11.9. The van der Waals surface area contributed by atoms with Crippen LogP contribution < -0.4 is 20.9 Å². The third-order valence-corrected chi connectivity index (χ3v) is 13.2. The second-order valence-corrected chi connectivity index (χ2v) is 17.5. The molecule has 5 fully saturated rings. The van der Waals surface area contributed by atoms with Gasteiger partial charge in [0.1, 0.15) is 11.4 Å². The van der Waals surface area contributed by atoms with E-state index in [2.05, 4.69) is 64.4 Å². The number of phenolic OH excluding ortho intramolecular Hbond substituents is 1. The molecule has 0 radical (unpaired) electrons. The molecule has 5 N–H and O–H groups in total. The van der Waals surface area contributed by atoms with Crippen LogP contribution in [0.25, 0.3) is 22.3 Å². The van der Waals surface area contributed by atoms with Gasteiger partial charge >= 0.3 is 6.03 Å². The Morgan fingerprint density at radius 1 is 0.800 bits per heavy atom. The Bertz CT molecular complexity index is 2280. The molecule has 3 aromatic heterocycles. The van der Waals surface area contributed by atoms with E-state index >= 15 is 0 Å². The van der Waals surface area contributed by atoms with Gasteiger partial charge in [0, 0.05) is 88.4 Å². The molecule has 5 aromatic rings. The molecule has 0 bridgehead atoms. The standard InChI is InChI=1S/C33H44N6O.C14H14N4O2/c34-33-31(21-30(35-36-33)29-10-4-5-11-32(29)40)39-16-6-9-28(24-39)27-14-12-26(13-15-27)23-38-19-17-37(18-20-38)22-25-7-2-1-3-8-25;19-12-3-4-18(14(20)17-12)9-5-10-11(8-1-2-8)7-16-13(10)15-6-9/h4-5,10-15,21,25,28,40H,1-3,6-9,16-20,22-24H2,(H2,34,36);5-8H,1-4H2,(H,15,16)(H,17,19,20). The minimum atomic E-state index is -0.370. The molecular weight excluding hydrogens is 753 g/mol. The number of nitrogens with one attached hydrogen (secondary N) is 2. The van der Waals surface area contributed by atoms with Gasteiger partial charge in [-0.2, -0.15) is 0 Å². The van der Waals surface area contributed by atoms with Crippen LogP contribution >= 0.6 is 0 Å². The van der Waals surface area contributed by atoms with E-state index in [0.717, 1.165) is 54.4 Å². The second kappa shape index (κ2) is 18.0. The minimum absolute atomic E-state index is 0.199. The number of urea groups is 1. The number of pyridine rings is 1. The van der Waals surface area contributed by atoms with Gasteiger partial charge in [0.2, 0.25) is 5.91 Å². The van der Waals surface area contributed by atoms with E-state index in [1.165, 1.54) is 101 Å². The van der Waals surface area contributed by atoms with Crippen molar-refractivity contribution in [1.82, 2.24) is 35.3 Å². The van der Waals surface area contributed by atoms with Gasteiger partial charge in [0.25, 0.3) is 0 Å². The van der Waals surface area contributed by atoms with Crippen LogP contribution in [0.2, 0.25) is 0 Å². The highest BCUT2D eigenvalue weighted by molar-refractivity contribution is 6.06. The number of nitrogen functional groups attached to an aromatic ring is 1. The number of para-hydroxylation sites is 1. The Labute approximate surface area is 352 Å². The normalized spacial score (nSPS) is 20.8. The molecule has 2 saturated carbocycles. The fourth-order valence-corrected chi connectivity index (χ4v) is 9.66. The molecule has 6 heterocycles. The first kappa shape index (κ1) is 39.9. The number of rotatable bonds is 9. The van der Waals surface area contributed by atoms with Crippen molar-refractivity contribution in [3.05, 3.63) is 89.7 Å². The number of imide groups is 1. The van der Waals surface area contributed by atoms with Gasteiger partial charge in [-0.05, 0) is 91.3 Å². The number of benzene rings is 2. The third kappa shape index (κ3) is 9.27. The molecule has 3 saturated heterocycles. The first-order chi connectivity index (χ1) is 29.3. The number of H-pyrrole nitrogens is 1. The van der Waals surface area contributed by atoms with Crippen LogP contribution in [0.4, 0.5) is 22.0 Å². The number of aromatic amines is 1. The third-order valence-electron chi connectivity index (χ3n) is 13.2. The average molecular weight is 811 g/mol. The number of nitrogens with zero attached hydrogens (tertiary/aromatic N) is 7. The Morgan fingerprint density at radius 3 is 2.35 bits per heavy atom. The highest BCUT2D eigenvalue weighted by Gasteiger charge is 2.29. The summed E-state index contributed by atoms with van der Waals surface area (Å²) in [6, 6.07) is 20.2. The van der Waals surface area contributed by atoms with E-state index in [0.29, 0.717) is 41.9 Å². The van der Waals surface area contributed by atoms with Crippen LogP contribution in [-0.4, -0.2) is 99.4 Å². The number of amides is 3. The van der Waals surface area contributed by atoms with Crippen LogP contribution in [0.15, 0.2) is 73.1 Å². The maximum Gasteiger partial charge on any atom is 0.328 e. The number of anilines is 3. The van der Waals surface area contributed by atoms with Gasteiger partial charge in [0.15, 0.2) is 5.82 Å². The predicted molar refractivity (Wildman–Crippen MR) is 236 cm³/mol. The van der Waals surface area contributed by atoms with Gasteiger partial charge < -0.3 is 25.6 Å². The number of carbonyl (C=O) groups excluding carboxylic acids is 2. The Morgan fingerprint density at radius 2 is 1.58 bits per heavy atom. The minimum Gasteiger partial charge on any atom is -0.507 e. The molecule has 2 aliphatic carbocycles. The van der Waals surface area contributed by atoms with Crippen molar-refractivity contribution in [3.8, 4) is 17.0 Å². The molecular formula is C47H58N10O3. The van der Waals surface area contributed by atoms with Crippen LogP contribution in [0.3, 0.4) is 0 Å². The fraction of sp³-hybridized carbons (Fsp3) is 0.468. The summed E-state index contributed by atoms with van der Waals surface area (Å²) in [6.07, 6.45) is 15.9. The molecule has 3 aliphatic heterocycles. The van der Waals surface area contributed by atoms with Crippen molar-refractivity contribution in [1.29, 1.82) is 0 Å². The highest BCUT2D eigenvalue weighted by Crippen LogP contribution is 2.43. The summed E-state index contributed by atoms with van der Waals surface area (Å²) in [5, 5.41) is 22.2. The van der Waals surface area contributed by atoms with Gasteiger partial charge in [-0.25, -0.2) is 9.78 Å². The van der Waals surface area contributed by atoms with Crippen LogP contribution in [0.1, 0.15) is 92.7 Å². The number of fused-ring (bicyclic) bond motifs is 1. The summed E-state index contributed by atoms with van der Waals surface area (Å²) in [5.41, 5.74) is 14.2. The van der Waals surface area contributed by atoms with Crippen LogP contribution in [-0.2, 0) is 11.3 Å². The van der Waals surface area contributed by atoms with Gasteiger partial charge in [-0.3, -0.25) is 19.9 Å². The molecule has 1 atom stereocenters. The summed E-state index contributed by atoms with van der Waals surface area (Å²) in [4.78, 5) is 39.8. The highest BCUT2D eigenvalue weighted by atomic mass is 16.3. The Kier molecular flexibility index (Phi) is 12.0. The van der Waals surface area contributed by atoms with E-state index in [9.17, 15) is 14.7 Å². The van der Waals surface area contributed by atoms with Crippen LogP contribution in [0.5, 0.6) is 5.75 Å². The van der Waals surface area contributed by atoms with Gasteiger partial charge in [-0.15, -0.1) is 10.2 Å². The van der Waals surface area contributed by atoms with Crippen LogP contribution in [0, 0.1) is 5.92 Å². The number of phenols is 1. The predicted octanol–water partition coefficient (Wildman–Crippen LogP) is 7.40. The van der Waals surface area contributed by atoms with E-state index in [1.807, 2.05) is 36.5 Å². The lowest BCUT2D eigenvalue weighted by Gasteiger charge is -2.37. The summed E-state index contributed by atoms with van der Waals surface area (Å²) in [6.45, 7) is 9.39. The van der Waals surface area contributed by atoms with Gasteiger partial charge in [0.05, 0.1) is 23.3 Å². The number of hydrogen-bond donors (Lipinski definition) is 4. The van der Waals surface area contributed by atoms with Gasteiger partial charge in [-0.1, -0.05) is 55.7 Å². The lowest BCUT2D eigenvalue weighted by atomic mass is 9.89. The molecule has 0 spiro atoms. The summed E-state index contributed by atoms with van der Waals surface area (Å²) < 4.78 is 0. The zero-order chi connectivity index (χ0) is 41.0. The maximum absolute atomic E-state index is 11.9. The zero-order valence-electron chi connectivity index (χ0n) is 34.6. The van der Waals surface area contributed by atoms with E-state index in [-0.39, 0.29) is 17.7 Å². The van der Waals surface area contributed by atoms with Crippen molar-refractivity contribution >= 4 is 40.2 Å². The molecule has 13 heteroatoms. The van der Waals surface area contributed by atoms with E-state index in [4.69, 9.17) is 5.73 Å². The number of piperidine rings is 1. The molecule has 314 valence electrons. The Hall–Kier alpha value is -5.53. The number of carbonyl (C=O) groups is 2. The SMILES string of the molecule is Nc1nnc(-c2ccccc2O)cc1N1CCCC(c2ccc(CN3CCN(CC4CCCCC4)CC3)cc2)C1.O=C1CCN(c2cnc3[nH]cc(C4CC4)c3c2)C(=O)N1. The number of aromatic hydroxyl groups is 1. The molecule has 3 amide bonds. The zero-order valence-corrected chi connectivity index (χ0v) is 34.6. The smallest absolute Gasteiger partial charge is 0.328 e. The first-order valence-electron chi connectivity index (χ1n) is 22.1. The fourth-order valence-electron chi connectivity index (χ4n) is 9.66. The number of hydrogen-bond acceptors (Lipinski definition) is 10. The van der Waals surface area contributed by atoms with Crippen molar-refractivity contribution in [2.75, 3.05) is 67.9 Å². The molecule has 5 aliphatic rings. The van der Waals surface area contributed by atoms with E-state index < -0.39 is 0 Å². The monoisotopic (exact) mass is 810 g/mol. The largest absolute Gasteiger partial charge is 0.507 e. The number of aromatic nitrogens is 4. The first-order valence-corrected chi connectivity index (χ1v) is 22.1. The van der Waals surface area contributed by atoms with Crippen molar-refractivity contribution in [2.24, 2.45) is 5.92 Å². The van der Waals surface area contributed by atoms with Crippen molar-refractivity contribution in [2.45, 2.75) is 82.6 Å². The topological polar surface area (TPSA) is 160 Å². The summed E-state index contributed by atoms with van der Waals surface area (Å²) in [7, 11) is 0. The molecule has 13 nitrogen and oxygen atoms in total. The lowest BCUT2D eigenvalue weighted by Crippen LogP contribution is -2.49. The molecule has 60 heavy (non-hydrogen) atoms. The second-order valence-electron chi connectivity index (χ2n) is 17.5. The Balaban J connectivity index is 0.000000192. The molecule has 2 aromatic carbocycles. The molecule has 10 rings (SSSR count). The summed E-state index contributed by atoms with van der Waals surface area (Å²) in [5.74, 6) is 2.43. The van der Waals surface area contributed by atoms with Crippen molar-refractivity contribution < 1.29 is 14.7 Å². The number of nitrogens with two attached hydrogens (primary N) is 1. The molecule has 1 unspecified atom stereocenters. The van der Waals surface area contributed by atoms with Crippen molar-refractivity contribution in [3.63, 3.8) is 0 Å². The average Bonchev–Trinajstić information content (AvgIpc) is 4.04.